The third-order valence-corrected chi connectivity index (χ3v) is 3.54. The molecule has 2 aromatic rings. The fourth-order valence-corrected chi connectivity index (χ4v) is 2.13. The predicted octanol–water partition coefficient (Wildman–Crippen LogP) is 5.48. The average molecular weight is 254 g/mol. The lowest BCUT2D eigenvalue weighted by Gasteiger charge is -2.02. The first-order chi connectivity index (χ1) is 8.93. The van der Waals surface area contributed by atoms with Crippen LogP contribution in [0.2, 0.25) is 0 Å². The number of aryl methyl sites for hydroxylation is 6. The predicted molar refractivity (Wildman–Crippen MR) is 85.9 cm³/mol. The third-order valence-electron chi connectivity index (χ3n) is 3.54. The van der Waals surface area contributed by atoms with Gasteiger partial charge in [0.2, 0.25) is 0 Å². The van der Waals surface area contributed by atoms with Crippen LogP contribution in [0.1, 0.15) is 40.3 Å². The van der Waals surface area contributed by atoms with Gasteiger partial charge in [0.15, 0.2) is 0 Å². The molecule has 0 saturated heterocycles. The van der Waals surface area contributed by atoms with Gasteiger partial charge < -0.3 is 0 Å². The van der Waals surface area contributed by atoms with Crippen molar-refractivity contribution in [3.8, 4) is 0 Å². The van der Waals surface area contributed by atoms with Crippen molar-refractivity contribution >= 4 is 0 Å². The summed E-state index contributed by atoms with van der Waals surface area (Å²) in [5.41, 5.74) is 8.34. The Hall–Kier alpha value is -1.56. The molecule has 0 heteroatoms. The molecule has 0 saturated carbocycles. The van der Waals surface area contributed by atoms with Gasteiger partial charge in [-0.25, -0.2) is 0 Å². The molecule has 0 heterocycles. The fourth-order valence-electron chi connectivity index (χ4n) is 2.13. The maximum absolute atomic E-state index is 2.23. The van der Waals surface area contributed by atoms with E-state index in [1.807, 2.05) is 0 Å². The topological polar surface area (TPSA) is 0 Å². The van der Waals surface area contributed by atoms with Gasteiger partial charge >= 0.3 is 0 Å². The molecular weight excluding hydrogens is 228 g/mol. The number of hydrogen-bond acceptors (Lipinski definition) is 0. The Morgan fingerprint density at radius 2 is 1.16 bits per heavy atom. The average Bonchev–Trinajstić information content (AvgIpc) is 2.35. The van der Waals surface area contributed by atoms with Crippen LogP contribution in [0.15, 0.2) is 36.4 Å². The summed E-state index contributed by atoms with van der Waals surface area (Å²) >= 11 is 0. The summed E-state index contributed by atoms with van der Waals surface area (Å²) in [7, 11) is 0. The summed E-state index contributed by atoms with van der Waals surface area (Å²) in [4.78, 5) is 0. The molecule has 0 amide bonds. The van der Waals surface area contributed by atoms with Crippen LogP contribution in [0.4, 0.5) is 0 Å². The Morgan fingerprint density at radius 3 is 1.58 bits per heavy atom. The summed E-state index contributed by atoms with van der Waals surface area (Å²) in [6.45, 7) is 12.9. The first-order valence-electron chi connectivity index (χ1n) is 7.04. The molecule has 0 nitrogen and oxygen atoms in total. The first-order valence-corrected chi connectivity index (χ1v) is 7.04. The first kappa shape index (κ1) is 15.5. The zero-order valence-corrected chi connectivity index (χ0v) is 13.2. The molecule has 0 radical (unpaired) electrons. The maximum Gasteiger partial charge on any atom is -0.0305 e. The van der Waals surface area contributed by atoms with E-state index in [1.165, 1.54) is 33.4 Å². The van der Waals surface area contributed by atoms with E-state index >= 15 is 0 Å². The molecule has 102 valence electrons. The van der Waals surface area contributed by atoms with Gasteiger partial charge in [-0.3, -0.25) is 0 Å². The molecule has 0 aromatic heterocycles. The van der Waals surface area contributed by atoms with Gasteiger partial charge in [-0.2, -0.15) is 0 Å². The van der Waals surface area contributed by atoms with Crippen molar-refractivity contribution in [2.24, 2.45) is 0 Å². The van der Waals surface area contributed by atoms with Crippen molar-refractivity contribution in [2.45, 2.75) is 48.0 Å². The van der Waals surface area contributed by atoms with Crippen LogP contribution in [0.5, 0.6) is 0 Å². The largest absolute Gasteiger partial charge is 0.0613 e. The second kappa shape index (κ2) is 7.13. The minimum Gasteiger partial charge on any atom is -0.0613 e. The molecule has 19 heavy (non-hydrogen) atoms. The number of rotatable bonds is 1. The molecular formula is C19H26. The van der Waals surface area contributed by atoms with Crippen LogP contribution >= 0.6 is 0 Å². The number of benzene rings is 2. The highest BCUT2D eigenvalue weighted by Gasteiger charge is 1.93. The molecule has 0 aliphatic heterocycles. The molecule has 0 aliphatic carbocycles. The van der Waals surface area contributed by atoms with Gasteiger partial charge in [0.1, 0.15) is 0 Å². The monoisotopic (exact) mass is 254 g/mol. The van der Waals surface area contributed by atoms with Gasteiger partial charge in [-0.1, -0.05) is 54.4 Å². The highest BCUT2D eigenvalue weighted by Crippen LogP contribution is 2.10. The van der Waals surface area contributed by atoms with Crippen LogP contribution in [0.3, 0.4) is 0 Å². The third kappa shape index (κ3) is 4.90. The Bertz CT molecular complexity index is 536. The maximum atomic E-state index is 2.23. The van der Waals surface area contributed by atoms with Gasteiger partial charge in [0.25, 0.3) is 0 Å². The SMILES string of the molecule is CCc1ccc(C)cc1C.Cc1ccc(C)c(C)c1. The molecule has 2 rings (SSSR count). The summed E-state index contributed by atoms with van der Waals surface area (Å²) < 4.78 is 0. The van der Waals surface area contributed by atoms with Gasteiger partial charge in [0.05, 0.1) is 0 Å². The molecule has 0 fully saturated rings. The Kier molecular flexibility index (Phi) is 5.82. The summed E-state index contributed by atoms with van der Waals surface area (Å²) in [6, 6.07) is 13.1. The lowest BCUT2D eigenvalue weighted by molar-refractivity contribution is 1.10. The molecule has 0 atom stereocenters. The highest BCUT2D eigenvalue weighted by atomic mass is 14.0. The van der Waals surface area contributed by atoms with E-state index < -0.39 is 0 Å². The van der Waals surface area contributed by atoms with E-state index in [1.54, 1.807) is 0 Å². The van der Waals surface area contributed by atoms with Crippen molar-refractivity contribution < 1.29 is 0 Å². The minimum atomic E-state index is 1.14. The lowest BCUT2D eigenvalue weighted by Crippen LogP contribution is -1.85. The summed E-state index contributed by atoms with van der Waals surface area (Å²) in [5.74, 6) is 0. The number of hydrogen-bond donors (Lipinski definition) is 0. The van der Waals surface area contributed by atoms with Crippen LogP contribution in [-0.2, 0) is 6.42 Å². The second-order valence-corrected chi connectivity index (χ2v) is 5.37. The Balaban J connectivity index is 0.000000191. The van der Waals surface area contributed by atoms with E-state index in [0.717, 1.165) is 6.42 Å². The van der Waals surface area contributed by atoms with Crippen molar-refractivity contribution in [3.63, 3.8) is 0 Å². The van der Waals surface area contributed by atoms with E-state index in [4.69, 9.17) is 0 Å². The zero-order chi connectivity index (χ0) is 14.4. The van der Waals surface area contributed by atoms with Crippen LogP contribution < -0.4 is 0 Å². The summed E-state index contributed by atoms with van der Waals surface area (Å²) in [6.07, 6.45) is 1.14. The molecule has 0 N–H and O–H groups in total. The van der Waals surface area contributed by atoms with Crippen LogP contribution in [0.25, 0.3) is 0 Å². The quantitative estimate of drug-likeness (QED) is 0.632. The van der Waals surface area contributed by atoms with E-state index in [0.29, 0.717) is 0 Å². The van der Waals surface area contributed by atoms with Crippen molar-refractivity contribution in [2.75, 3.05) is 0 Å². The fraction of sp³-hybridized carbons (Fsp3) is 0.368. The molecule has 0 aliphatic rings. The Morgan fingerprint density at radius 1 is 0.632 bits per heavy atom. The lowest BCUT2D eigenvalue weighted by atomic mass is 10.0. The normalized spacial score (nSPS) is 9.79. The zero-order valence-electron chi connectivity index (χ0n) is 13.2. The minimum absolute atomic E-state index is 1.14. The highest BCUT2D eigenvalue weighted by molar-refractivity contribution is 5.30. The van der Waals surface area contributed by atoms with Crippen LogP contribution in [0, 0.1) is 34.6 Å². The molecule has 0 spiro atoms. The van der Waals surface area contributed by atoms with E-state index in [2.05, 4.69) is 77.9 Å². The molecule has 2 aromatic carbocycles. The molecule has 0 bridgehead atoms. The van der Waals surface area contributed by atoms with Crippen molar-refractivity contribution in [1.82, 2.24) is 0 Å². The van der Waals surface area contributed by atoms with E-state index in [9.17, 15) is 0 Å². The van der Waals surface area contributed by atoms with Gasteiger partial charge in [-0.15, -0.1) is 0 Å². The van der Waals surface area contributed by atoms with E-state index in [-0.39, 0.29) is 0 Å². The Labute approximate surface area is 118 Å². The molecule has 0 unspecified atom stereocenters. The smallest absolute Gasteiger partial charge is 0.0305 e. The second-order valence-electron chi connectivity index (χ2n) is 5.37. The van der Waals surface area contributed by atoms with Gasteiger partial charge in [-0.05, 0) is 63.3 Å². The van der Waals surface area contributed by atoms with Gasteiger partial charge in [0, 0.05) is 0 Å². The van der Waals surface area contributed by atoms with Crippen molar-refractivity contribution in [3.05, 3.63) is 69.8 Å². The van der Waals surface area contributed by atoms with Crippen LogP contribution in [-0.4, -0.2) is 0 Å². The standard InChI is InChI=1S/C10H14.C9H12/c1-4-10-6-5-8(2)7-9(10)3;1-7-4-5-8(2)9(3)6-7/h5-7H,4H2,1-3H3;4-6H,1-3H3. The summed E-state index contributed by atoms with van der Waals surface area (Å²) in [5, 5.41) is 0. The van der Waals surface area contributed by atoms with Crippen molar-refractivity contribution in [1.29, 1.82) is 0 Å².